The Bertz CT molecular complexity index is 533. The predicted octanol–water partition coefficient (Wildman–Crippen LogP) is 0.338. The van der Waals surface area contributed by atoms with Gasteiger partial charge >= 0.3 is 5.97 Å². The molecule has 6 heteroatoms. The van der Waals surface area contributed by atoms with Crippen LogP contribution in [0.3, 0.4) is 0 Å². The van der Waals surface area contributed by atoms with Crippen molar-refractivity contribution in [3.8, 4) is 6.07 Å². The number of carboxylic acid groups (broad SMARTS) is 1. The number of hydrogen-bond acceptors (Lipinski definition) is 4. The summed E-state index contributed by atoms with van der Waals surface area (Å²) in [7, 11) is 0. The number of piperazine rings is 1. The molecule has 1 heterocycles. The van der Waals surface area contributed by atoms with Gasteiger partial charge in [0.25, 0.3) is 0 Å². The number of nitrogens with zero attached hydrogens (tertiary/aromatic N) is 2. The van der Waals surface area contributed by atoms with Gasteiger partial charge in [0.15, 0.2) is 0 Å². The molecular weight excluding hydrogens is 246 g/mol. The molecule has 19 heavy (non-hydrogen) atoms. The Balaban J connectivity index is 2.14. The van der Waals surface area contributed by atoms with Crippen molar-refractivity contribution in [2.45, 2.75) is 12.5 Å². The number of amides is 1. The van der Waals surface area contributed by atoms with Crippen LogP contribution in [0.4, 0.5) is 5.69 Å². The maximum Gasteiger partial charge on any atom is 0.304 e. The molecule has 0 aromatic heterocycles. The van der Waals surface area contributed by atoms with Crippen LogP contribution in [0.15, 0.2) is 24.3 Å². The fraction of sp³-hybridized carbons (Fsp3) is 0.308. The van der Waals surface area contributed by atoms with E-state index in [0.717, 1.165) is 0 Å². The number of carbonyl (C=O) groups is 2. The van der Waals surface area contributed by atoms with Crippen LogP contribution in [0.1, 0.15) is 12.0 Å². The lowest BCUT2D eigenvalue weighted by Gasteiger charge is -2.32. The van der Waals surface area contributed by atoms with Crippen molar-refractivity contribution in [1.82, 2.24) is 5.32 Å². The van der Waals surface area contributed by atoms with Crippen LogP contribution in [-0.2, 0) is 9.59 Å². The Kier molecular flexibility index (Phi) is 3.78. The molecule has 0 bridgehead atoms. The molecule has 1 aliphatic heterocycles. The van der Waals surface area contributed by atoms with E-state index in [-0.39, 0.29) is 24.9 Å². The van der Waals surface area contributed by atoms with Gasteiger partial charge < -0.3 is 15.3 Å². The van der Waals surface area contributed by atoms with E-state index in [1.807, 2.05) is 6.07 Å². The van der Waals surface area contributed by atoms with Crippen molar-refractivity contribution in [2.75, 3.05) is 18.0 Å². The first-order chi connectivity index (χ1) is 9.10. The number of aliphatic carboxylic acids is 1. The molecule has 0 saturated carbocycles. The van der Waals surface area contributed by atoms with E-state index in [2.05, 4.69) is 5.32 Å². The standard InChI is InChI=1S/C13H13N3O3/c14-6-9-1-3-11(4-2-9)16-8-10(5-13(18)19)15-7-12(16)17/h1-4,10,15H,5,7-8H2,(H,18,19). The van der Waals surface area contributed by atoms with Gasteiger partial charge in [-0.2, -0.15) is 5.26 Å². The summed E-state index contributed by atoms with van der Waals surface area (Å²) >= 11 is 0. The van der Waals surface area contributed by atoms with Gasteiger partial charge in [0.05, 0.1) is 24.6 Å². The highest BCUT2D eigenvalue weighted by atomic mass is 16.4. The average Bonchev–Trinajstić information content (AvgIpc) is 2.40. The largest absolute Gasteiger partial charge is 0.481 e. The molecule has 1 atom stereocenters. The summed E-state index contributed by atoms with van der Waals surface area (Å²) in [5.74, 6) is -1.00. The van der Waals surface area contributed by atoms with Crippen molar-refractivity contribution in [2.24, 2.45) is 0 Å². The van der Waals surface area contributed by atoms with Gasteiger partial charge in [-0.05, 0) is 24.3 Å². The van der Waals surface area contributed by atoms with Crippen molar-refractivity contribution in [3.05, 3.63) is 29.8 Å². The van der Waals surface area contributed by atoms with Gasteiger partial charge in [0, 0.05) is 18.3 Å². The molecule has 6 nitrogen and oxygen atoms in total. The Morgan fingerprint density at radius 1 is 1.47 bits per heavy atom. The second-order valence-corrected chi connectivity index (χ2v) is 4.34. The molecule has 1 aromatic rings. The number of hydrogen-bond donors (Lipinski definition) is 2. The van der Waals surface area contributed by atoms with Crippen LogP contribution in [-0.4, -0.2) is 36.1 Å². The Morgan fingerprint density at radius 2 is 2.16 bits per heavy atom. The highest BCUT2D eigenvalue weighted by molar-refractivity contribution is 5.95. The number of nitrogens with one attached hydrogen (secondary N) is 1. The SMILES string of the molecule is N#Cc1ccc(N2CC(CC(=O)O)NCC2=O)cc1. The first kappa shape index (κ1) is 13.1. The van der Waals surface area contributed by atoms with Crippen LogP contribution in [0.2, 0.25) is 0 Å². The Morgan fingerprint density at radius 3 is 2.74 bits per heavy atom. The smallest absolute Gasteiger partial charge is 0.304 e. The van der Waals surface area contributed by atoms with E-state index >= 15 is 0 Å². The van der Waals surface area contributed by atoms with Crippen LogP contribution in [0, 0.1) is 11.3 Å². The summed E-state index contributed by atoms with van der Waals surface area (Å²) in [4.78, 5) is 24.1. The van der Waals surface area contributed by atoms with Gasteiger partial charge in [0.1, 0.15) is 0 Å². The highest BCUT2D eigenvalue weighted by Gasteiger charge is 2.27. The molecule has 2 N–H and O–H groups in total. The number of benzene rings is 1. The van der Waals surface area contributed by atoms with Crippen molar-refractivity contribution >= 4 is 17.6 Å². The van der Waals surface area contributed by atoms with Crippen LogP contribution >= 0.6 is 0 Å². The number of rotatable bonds is 3. The number of nitriles is 1. The molecule has 1 aromatic carbocycles. The first-order valence-corrected chi connectivity index (χ1v) is 5.86. The third-order valence-corrected chi connectivity index (χ3v) is 2.98. The molecule has 98 valence electrons. The molecule has 2 rings (SSSR count). The molecule has 1 amide bonds. The van der Waals surface area contributed by atoms with Crippen LogP contribution < -0.4 is 10.2 Å². The maximum absolute atomic E-state index is 11.8. The van der Waals surface area contributed by atoms with Gasteiger partial charge in [-0.1, -0.05) is 0 Å². The van der Waals surface area contributed by atoms with Crippen molar-refractivity contribution in [1.29, 1.82) is 5.26 Å². The lowest BCUT2D eigenvalue weighted by molar-refractivity contribution is -0.138. The molecule has 1 aliphatic rings. The van der Waals surface area contributed by atoms with E-state index < -0.39 is 5.97 Å². The minimum absolute atomic E-state index is 0.0277. The van der Waals surface area contributed by atoms with E-state index in [0.29, 0.717) is 17.8 Å². The van der Waals surface area contributed by atoms with Crippen molar-refractivity contribution < 1.29 is 14.7 Å². The minimum atomic E-state index is -0.897. The predicted molar refractivity (Wildman–Crippen MR) is 67.6 cm³/mol. The van der Waals surface area contributed by atoms with Gasteiger partial charge in [0.2, 0.25) is 5.91 Å². The van der Waals surface area contributed by atoms with Gasteiger partial charge in [-0.25, -0.2) is 0 Å². The van der Waals surface area contributed by atoms with E-state index in [1.165, 1.54) is 0 Å². The lowest BCUT2D eigenvalue weighted by Crippen LogP contribution is -2.54. The summed E-state index contributed by atoms with van der Waals surface area (Å²) in [5.41, 5.74) is 1.20. The van der Waals surface area contributed by atoms with Crippen LogP contribution in [0.5, 0.6) is 0 Å². The highest BCUT2D eigenvalue weighted by Crippen LogP contribution is 2.18. The second kappa shape index (κ2) is 5.50. The quantitative estimate of drug-likeness (QED) is 0.816. The van der Waals surface area contributed by atoms with Crippen LogP contribution in [0.25, 0.3) is 0 Å². The monoisotopic (exact) mass is 259 g/mol. The Labute approximate surface area is 110 Å². The minimum Gasteiger partial charge on any atom is -0.481 e. The third kappa shape index (κ3) is 3.09. The molecule has 0 aliphatic carbocycles. The second-order valence-electron chi connectivity index (χ2n) is 4.34. The number of anilines is 1. The zero-order chi connectivity index (χ0) is 13.8. The molecule has 0 spiro atoms. The molecule has 1 unspecified atom stereocenters. The average molecular weight is 259 g/mol. The summed E-state index contributed by atoms with van der Waals surface area (Å²) in [6.45, 7) is 0.439. The number of carbonyl (C=O) groups excluding carboxylic acids is 1. The van der Waals surface area contributed by atoms with Gasteiger partial charge in [-0.15, -0.1) is 0 Å². The molecule has 1 saturated heterocycles. The maximum atomic E-state index is 11.8. The van der Waals surface area contributed by atoms with E-state index in [4.69, 9.17) is 10.4 Å². The fourth-order valence-electron chi connectivity index (χ4n) is 2.03. The topological polar surface area (TPSA) is 93.4 Å². The zero-order valence-electron chi connectivity index (χ0n) is 10.2. The van der Waals surface area contributed by atoms with Crippen molar-refractivity contribution in [3.63, 3.8) is 0 Å². The summed E-state index contributed by atoms with van der Waals surface area (Å²) < 4.78 is 0. The normalized spacial score (nSPS) is 19.0. The van der Waals surface area contributed by atoms with Gasteiger partial charge in [-0.3, -0.25) is 9.59 Å². The molecule has 1 fully saturated rings. The van der Waals surface area contributed by atoms with E-state index in [9.17, 15) is 9.59 Å². The third-order valence-electron chi connectivity index (χ3n) is 2.98. The summed E-state index contributed by atoms with van der Waals surface area (Å²) in [5, 5.41) is 20.4. The zero-order valence-corrected chi connectivity index (χ0v) is 10.2. The fourth-order valence-corrected chi connectivity index (χ4v) is 2.03. The molecule has 0 radical (unpaired) electrons. The first-order valence-electron chi connectivity index (χ1n) is 5.86. The summed E-state index contributed by atoms with van der Waals surface area (Å²) in [6, 6.07) is 8.41. The lowest BCUT2D eigenvalue weighted by atomic mass is 10.1. The number of carboxylic acids is 1. The Hall–Kier alpha value is -2.39. The van der Waals surface area contributed by atoms with E-state index in [1.54, 1.807) is 29.2 Å². The molecular formula is C13H13N3O3. The summed E-state index contributed by atoms with van der Waals surface area (Å²) in [6.07, 6.45) is -0.0277.